The number of halogens is 2. The summed E-state index contributed by atoms with van der Waals surface area (Å²) >= 11 is 0. The second-order valence-electron chi connectivity index (χ2n) is 27.0. The molecule has 3 amide bonds. The number of aromatic nitrogens is 5. The zero-order valence-corrected chi connectivity index (χ0v) is 53.6. The van der Waals surface area contributed by atoms with Crippen LogP contribution in [0.5, 0.6) is 11.8 Å². The number of β-amino-alcohol motifs (C(OH)–C–C–N with tert-alkyl or cyclic N) is 1. The molecule has 9 heterocycles. The number of hydrogen-bond donors (Lipinski definition) is 2. The van der Waals surface area contributed by atoms with Crippen molar-refractivity contribution in [3.63, 3.8) is 0 Å². The Morgan fingerprint density at radius 2 is 1.57 bits per heavy atom. The molecule has 2 N–H and O–H groups in total. The second kappa shape index (κ2) is 24.5. The van der Waals surface area contributed by atoms with Gasteiger partial charge in [-0.15, -0.1) is 6.42 Å². The van der Waals surface area contributed by atoms with Gasteiger partial charge in [0.25, 0.3) is 8.32 Å². The molecule has 6 aliphatic rings. The molecule has 6 fully saturated rings. The summed E-state index contributed by atoms with van der Waals surface area (Å²) in [5.74, 6) is 1.31. The van der Waals surface area contributed by atoms with Crippen LogP contribution in [0.1, 0.15) is 137 Å². The molecule has 6 aromatic rings. The van der Waals surface area contributed by atoms with E-state index in [1.165, 1.54) is 10.6 Å². The van der Waals surface area contributed by atoms with Gasteiger partial charge in [-0.2, -0.15) is 9.97 Å². The summed E-state index contributed by atoms with van der Waals surface area (Å²) in [5, 5.41) is 15.0. The van der Waals surface area contributed by atoms with Crippen molar-refractivity contribution in [3.8, 4) is 35.4 Å². The lowest BCUT2D eigenvalue weighted by atomic mass is 9.94. The molecule has 3 aromatic carbocycles. The third-order valence-electron chi connectivity index (χ3n) is 20.4. The van der Waals surface area contributed by atoms with Gasteiger partial charge in [0.05, 0.1) is 45.3 Å². The van der Waals surface area contributed by atoms with Crippen molar-refractivity contribution in [2.75, 3.05) is 68.8 Å². The van der Waals surface area contributed by atoms with Gasteiger partial charge in [-0.3, -0.25) is 33.9 Å². The van der Waals surface area contributed by atoms with Gasteiger partial charge in [0, 0.05) is 81.6 Å². The largest absolute Gasteiger partial charge is 0.543 e. The maximum Gasteiger partial charge on any atom is 0.409 e. The predicted molar refractivity (Wildman–Crippen MR) is 340 cm³/mol. The molecule has 0 bridgehead atoms. The Hall–Kier alpha value is -7.19. The molecular weight excluding hydrogens is 1150 g/mol. The fourth-order valence-electron chi connectivity index (χ4n) is 16.0. The maximum absolute atomic E-state index is 18.0. The van der Waals surface area contributed by atoms with Crippen molar-refractivity contribution in [1.82, 2.24) is 39.2 Å². The third-order valence-corrected chi connectivity index (χ3v) is 26.5. The number of terminal acetylenes is 1. The molecule has 474 valence electrons. The normalized spacial score (nSPS) is 23.4. The number of anilines is 2. The van der Waals surface area contributed by atoms with Gasteiger partial charge in [-0.05, 0) is 143 Å². The topological polar surface area (TPSA) is 199 Å². The molecule has 4 atom stereocenters. The first kappa shape index (κ1) is 62.0. The van der Waals surface area contributed by atoms with Gasteiger partial charge in [0.1, 0.15) is 47.9 Å². The van der Waals surface area contributed by atoms with Crippen molar-refractivity contribution in [2.24, 2.45) is 7.05 Å². The first-order chi connectivity index (χ1) is 42.6. The molecule has 6 saturated heterocycles. The summed E-state index contributed by atoms with van der Waals surface area (Å²) in [7, 11) is -0.828. The predicted octanol–water partition coefficient (Wildman–Crippen LogP) is 10.3. The van der Waals surface area contributed by atoms with E-state index in [0.29, 0.717) is 78.6 Å². The highest BCUT2D eigenvalue weighted by Crippen LogP contribution is 2.47. The van der Waals surface area contributed by atoms with Gasteiger partial charge in [-0.1, -0.05) is 53.5 Å². The molecule has 3 aromatic heterocycles. The fourth-order valence-corrected chi connectivity index (χ4v) is 21.2. The van der Waals surface area contributed by atoms with Gasteiger partial charge in [0.2, 0.25) is 11.8 Å². The number of nitrogens with one attached hydrogen (secondary N) is 1. The van der Waals surface area contributed by atoms with E-state index in [9.17, 15) is 24.3 Å². The zero-order valence-electron chi connectivity index (χ0n) is 52.6. The number of piperidine rings is 4. The van der Waals surface area contributed by atoms with Gasteiger partial charge >= 0.3 is 17.8 Å². The average Bonchev–Trinajstić information content (AvgIpc) is 1.71. The molecule has 89 heavy (non-hydrogen) atoms. The number of aliphatic hydroxyl groups is 1. The monoisotopic (exact) mass is 1240 g/mol. The molecule has 0 radical (unpaired) electrons. The summed E-state index contributed by atoms with van der Waals surface area (Å²) in [6.07, 6.45) is 15.5. The number of aryl methyl sites for hydroxylation is 1. The number of hydrogen-bond acceptors (Lipinski definition) is 15. The van der Waals surface area contributed by atoms with E-state index in [2.05, 4.69) is 62.6 Å². The molecule has 19 nitrogen and oxygen atoms in total. The van der Waals surface area contributed by atoms with Gasteiger partial charge in [-0.25, -0.2) is 18.4 Å². The van der Waals surface area contributed by atoms with E-state index in [1.54, 1.807) is 41.8 Å². The number of ether oxygens (including phenoxy) is 3. The molecule has 0 spiro atoms. The lowest BCUT2D eigenvalue weighted by molar-refractivity contribution is -0.135. The number of benzene rings is 3. The van der Waals surface area contributed by atoms with E-state index in [-0.39, 0.29) is 114 Å². The standard InChI is InChI=1S/C67H84F2N10O9Si/c1-10-49-52(68)15-13-43-33-48(88-89(40(2)3,41(4)5)42(6)7)35-50(57(43)49)59-58(69)60-51(36-70-59)61(77-27-11-24-66(8,84)38-77)73-63(72-60)86-39-67-25-12-28-78(67)45(19-26-67)37-85-65(83)76-31-22-47(23-32-76)87-46-20-29-75(30-21-46)44-14-16-53-55(34-44)74(9)64(82)79(53)54-17-18-56(80)71-62(54)81/h1,13-16,33-36,40-42,45-47,54,84H,11-12,17-32,37-39H2,2-9H3,(H,71,80,81)/t45-,54?,66+,67-/m0/s1. The number of imidazole rings is 1. The number of likely N-dealkylation sites (tertiary alicyclic amines) is 1. The van der Waals surface area contributed by atoms with E-state index in [0.717, 1.165) is 69.4 Å². The van der Waals surface area contributed by atoms with Crippen molar-refractivity contribution in [1.29, 1.82) is 0 Å². The zero-order chi connectivity index (χ0) is 62.8. The van der Waals surface area contributed by atoms with Crippen LogP contribution in [-0.2, 0) is 26.1 Å². The maximum atomic E-state index is 18.0. The minimum Gasteiger partial charge on any atom is -0.543 e. The highest BCUT2D eigenvalue weighted by molar-refractivity contribution is 6.78. The van der Waals surface area contributed by atoms with Crippen LogP contribution in [0.15, 0.2) is 53.5 Å². The number of carbonyl (C=O) groups excluding carboxylic acids is 3. The number of rotatable bonds is 16. The summed E-state index contributed by atoms with van der Waals surface area (Å²) in [6, 6.07) is 11.7. The summed E-state index contributed by atoms with van der Waals surface area (Å²) in [5.41, 5.74) is 1.53. The summed E-state index contributed by atoms with van der Waals surface area (Å²) in [6.45, 7) is 19.6. The number of fused-ring (bicyclic) bond motifs is 4. The highest BCUT2D eigenvalue weighted by Gasteiger charge is 2.51. The first-order valence-corrected chi connectivity index (χ1v) is 34.2. The Morgan fingerprint density at radius 1 is 0.854 bits per heavy atom. The Bertz CT molecular complexity index is 3810. The molecule has 1 unspecified atom stereocenters. The van der Waals surface area contributed by atoms with E-state index in [1.807, 2.05) is 29.2 Å². The molecule has 12 rings (SSSR count). The van der Waals surface area contributed by atoms with E-state index in [4.69, 9.17) is 40.0 Å². The third kappa shape index (κ3) is 11.6. The van der Waals surface area contributed by atoms with E-state index < -0.39 is 43.0 Å². The van der Waals surface area contributed by atoms with Crippen LogP contribution < -0.4 is 30.0 Å². The minimum atomic E-state index is -2.53. The first-order valence-electron chi connectivity index (χ1n) is 32.1. The Labute approximate surface area is 519 Å². The lowest BCUT2D eigenvalue weighted by Crippen LogP contribution is -2.50. The number of nitrogens with zero attached hydrogens (tertiary/aromatic N) is 9. The molecule has 0 aliphatic carbocycles. The van der Waals surface area contributed by atoms with Crippen molar-refractivity contribution in [2.45, 2.75) is 178 Å². The number of pyridine rings is 1. The second-order valence-corrected chi connectivity index (χ2v) is 32.4. The Kier molecular flexibility index (Phi) is 17.1. The van der Waals surface area contributed by atoms with E-state index >= 15 is 8.78 Å². The van der Waals surface area contributed by atoms with Crippen LogP contribution in [-0.4, -0.2) is 154 Å². The molecular formula is C67H84F2N10O9Si. The Balaban J connectivity index is 0.700. The van der Waals surface area contributed by atoms with Crippen LogP contribution >= 0.6 is 0 Å². The molecule has 22 heteroatoms. The molecule has 6 aliphatic heterocycles. The van der Waals surface area contributed by atoms with Crippen LogP contribution in [0.25, 0.3) is 44.0 Å². The van der Waals surface area contributed by atoms with Crippen LogP contribution in [0.2, 0.25) is 16.6 Å². The number of amides is 3. The van der Waals surface area contributed by atoms with Crippen LogP contribution in [0.4, 0.5) is 25.1 Å². The highest BCUT2D eigenvalue weighted by atomic mass is 28.4. The quantitative estimate of drug-likeness (QED) is 0.0527. The van der Waals surface area contributed by atoms with Crippen LogP contribution in [0, 0.1) is 24.0 Å². The SMILES string of the molecule is C#Cc1c(F)ccc2cc(O[Si](C(C)C)(C(C)C)C(C)C)cc(-c3ncc4c(N5CCC[C@@](C)(O)C5)nc(OC[C@@]56CCCN5[C@H](COC(=O)N5CCC(OC7CCN(c8ccc9c(c8)n(C)c(=O)n9C8CCC(=O)NC8=O)CC7)CC5)CC6)nc4c3F)c12. The van der Waals surface area contributed by atoms with Crippen molar-refractivity contribution < 1.29 is 46.9 Å². The van der Waals surface area contributed by atoms with Crippen molar-refractivity contribution in [3.05, 3.63) is 76.3 Å². The molecule has 0 saturated carbocycles. The van der Waals surface area contributed by atoms with Crippen LogP contribution in [0.3, 0.4) is 0 Å². The summed E-state index contributed by atoms with van der Waals surface area (Å²) < 4.78 is 63.4. The fraction of sp³-hybridized carbons (Fsp3) is 0.567. The van der Waals surface area contributed by atoms with Gasteiger partial charge < -0.3 is 38.4 Å². The van der Waals surface area contributed by atoms with Gasteiger partial charge in [0.15, 0.2) is 5.82 Å². The number of imide groups is 1. The smallest absolute Gasteiger partial charge is 0.409 e. The number of carbonyl (C=O) groups is 3. The average molecular weight is 1240 g/mol. The Morgan fingerprint density at radius 3 is 2.27 bits per heavy atom. The lowest BCUT2D eigenvalue weighted by Gasteiger charge is -2.42. The summed E-state index contributed by atoms with van der Waals surface area (Å²) in [4.78, 5) is 74.6. The minimum absolute atomic E-state index is 0.0106. The van der Waals surface area contributed by atoms with Crippen molar-refractivity contribution >= 4 is 70.4 Å².